The number of thioether (sulfide) groups is 1. The van der Waals surface area contributed by atoms with E-state index in [1.165, 1.54) is 11.3 Å². The standard InChI is InChI=1S/C7H9N3S2/c1-5-6(11-4-2-3-8)12-7(9)10-5/h2,4H2,1H3,(H2,9,10). The Labute approximate surface area is 79.6 Å². The van der Waals surface area contributed by atoms with Crippen LogP contribution in [0.5, 0.6) is 0 Å². The molecule has 0 aliphatic rings. The monoisotopic (exact) mass is 199 g/mol. The SMILES string of the molecule is Cc1nc(N)sc1SCCC#N. The molecule has 12 heavy (non-hydrogen) atoms. The van der Waals surface area contributed by atoms with Crippen molar-refractivity contribution in [1.82, 2.24) is 4.98 Å². The van der Waals surface area contributed by atoms with Gasteiger partial charge in [0, 0.05) is 12.2 Å². The summed E-state index contributed by atoms with van der Waals surface area (Å²) in [6.07, 6.45) is 0.571. The maximum absolute atomic E-state index is 8.32. The van der Waals surface area contributed by atoms with Gasteiger partial charge in [0.25, 0.3) is 0 Å². The Hall–Kier alpha value is -0.730. The molecule has 0 amide bonds. The number of nitrogens with zero attached hydrogens (tertiary/aromatic N) is 2. The van der Waals surface area contributed by atoms with Gasteiger partial charge in [0.2, 0.25) is 0 Å². The summed E-state index contributed by atoms with van der Waals surface area (Å²) in [6, 6.07) is 2.10. The van der Waals surface area contributed by atoms with Crippen molar-refractivity contribution >= 4 is 28.2 Å². The van der Waals surface area contributed by atoms with E-state index in [1.54, 1.807) is 11.8 Å². The lowest BCUT2D eigenvalue weighted by Gasteiger charge is -1.92. The molecular formula is C7H9N3S2. The quantitative estimate of drug-likeness (QED) is 0.597. The van der Waals surface area contributed by atoms with E-state index in [4.69, 9.17) is 11.0 Å². The van der Waals surface area contributed by atoms with E-state index in [9.17, 15) is 0 Å². The van der Waals surface area contributed by atoms with Gasteiger partial charge >= 0.3 is 0 Å². The van der Waals surface area contributed by atoms with Gasteiger partial charge < -0.3 is 5.73 Å². The molecule has 5 heteroatoms. The zero-order valence-corrected chi connectivity index (χ0v) is 8.34. The fraction of sp³-hybridized carbons (Fsp3) is 0.429. The van der Waals surface area contributed by atoms with Crippen molar-refractivity contribution in [2.45, 2.75) is 17.6 Å². The first-order valence-corrected chi connectivity index (χ1v) is 5.27. The van der Waals surface area contributed by atoms with E-state index in [1.807, 2.05) is 6.92 Å². The van der Waals surface area contributed by atoms with Gasteiger partial charge in [0.15, 0.2) is 5.13 Å². The molecule has 0 aliphatic heterocycles. The average Bonchev–Trinajstić information content (AvgIpc) is 2.31. The number of nitriles is 1. The molecule has 0 bridgehead atoms. The largest absolute Gasteiger partial charge is 0.375 e. The Kier molecular flexibility index (Phi) is 3.38. The molecule has 0 radical (unpaired) electrons. The van der Waals surface area contributed by atoms with Crippen molar-refractivity contribution < 1.29 is 0 Å². The van der Waals surface area contributed by atoms with Gasteiger partial charge in [-0.25, -0.2) is 4.98 Å². The van der Waals surface area contributed by atoms with Gasteiger partial charge in [-0.15, -0.1) is 11.8 Å². The maximum Gasteiger partial charge on any atom is 0.181 e. The van der Waals surface area contributed by atoms with Crippen LogP contribution in [0.3, 0.4) is 0 Å². The van der Waals surface area contributed by atoms with E-state index in [0.29, 0.717) is 11.6 Å². The van der Waals surface area contributed by atoms with Crippen LogP contribution in [0.1, 0.15) is 12.1 Å². The predicted molar refractivity (Wildman–Crippen MR) is 52.2 cm³/mol. The number of nitrogens with two attached hydrogens (primary N) is 1. The Morgan fingerprint density at radius 3 is 3.00 bits per heavy atom. The molecule has 0 fully saturated rings. The molecule has 64 valence electrons. The number of anilines is 1. The third kappa shape index (κ3) is 2.40. The second-order valence-electron chi connectivity index (χ2n) is 2.18. The molecule has 1 heterocycles. The summed E-state index contributed by atoms with van der Waals surface area (Å²) in [6.45, 7) is 1.93. The van der Waals surface area contributed by atoms with Crippen molar-refractivity contribution in [3.8, 4) is 6.07 Å². The highest BCUT2D eigenvalue weighted by atomic mass is 32.2. The summed E-state index contributed by atoms with van der Waals surface area (Å²) in [4.78, 5) is 4.08. The second kappa shape index (κ2) is 4.33. The van der Waals surface area contributed by atoms with Crippen LogP contribution in [0.2, 0.25) is 0 Å². The van der Waals surface area contributed by atoms with Crippen LogP contribution in [-0.2, 0) is 0 Å². The Morgan fingerprint density at radius 2 is 2.50 bits per heavy atom. The summed E-state index contributed by atoms with van der Waals surface area (Å²) >= 11 is 3.13. The molecule has 0 saturated carbocycles. The highest BCUT2D eigenvalue weighted by Gasteiger charge is 2.04. The fourth-order valence-electron chi connectivity index (χ4n) is 0.726. The van der Waals surface area contributed by atoms with Crippen molar-refractivity contribution in [2.24, 2.45) is 0 Å². The molecule has 0 atom stereocenters. The number of hydrogen-bond donors (Lipinski definition) is 1. The Morgan fingerprint density at radius 1 is 1.75 bits per heavy atom. The smallest absolute Gasteiger partial charge is 0.181 e. The highest BCUT2D eigenvalue weighted by molar-refractivity contribution is 8.01. The first-order chi connectivity index (χ1) is 5.74. The van der Waals surface area contributed by atoms with Crippen LogP contribution < -0.4 is 5.73 Å². The Bertz CT molecular complexity index is 300. The van der Waals surface area contributed by atoms with Gasteiger partial charge in [-0.1, -0.05) is 11.3 Å². The lowest BCUT2D eigenvalue weighted by molar-refractivity contribution is 1.20. The molecule has 2 N–H and O–H groups in total. The van der Waals surface area contributed by atoms with Crippen molar-refractivity contribution in [3.63, 3.8) is 0 Å². The third-order valence-corrected chi connectivity index (χ3v) is 3.57. The molecule has 1 rings (SSSR count). The second-order valence-corrected chi connectivity index (χ2v) is 4.58. The van der Waals surface area contributed by atoms with Gasteiger partial charge in [-0.3, -0.25) is 0 Å². The van der Waals surface area contributed by atoms with E-state index in [2.05, 4.69) is 11.1 Å². The summed E-state index contributed by atoms with van der Waals surface area (Å²) in [5.74, 6) is 0.818. The number of rotatable bonds is 3. The number of aryl methyl sites for hydroxylation is 1. The summed E-state index contributed by atoms with van der Waals surface area (Å²) < 4.78 is 1.13. The van der Waals surface area contributed by atoms with E-state index in [0.717, 1.165) is 15.7 Å². The highest BCUT2D eigenvalue weighted by Crippen LogP contribution is 2.30. The molecule has 0 spiro atoms. The maximum atomic E-state index is 8.32. The molecule has 1 aromatic rings. The minimum absolute atomic E-state index is 0.571. The van der Waals surface area contributed by atoms with Crippen LogP contribution in [0.25, 0.3) is 0 Å². The Balaban J connectivity index is 2.52. The zero-order valence-electron chi connectivity index (χ0n) is 6.70. The molecule has 1 aromatic heterocycles. The van der Waals surface area contributed by atoms with E-state index in [-0.39, 0.29) is 0 Å². The minimum Gasteiger partial charge on any atom is -0.375 e. The minimum atomic E-state index is 0.571. The van der Waals surface area contributed by atoms with Crippen LogP contribution in [0.4, 0.5) is 5.13 Å². The number of hydrogen-bond acceptors (Lipinski definition) is 5. The summed E-state index contributed by atoms with van der Waals surface area (Å²) in [5, 5.41) is 8.92. The third-order valence-electron chi connectivity index (χ3n) is 1.22. The molecule has 0 aromatic carbocycles. The van der Waals surface area contributed by atoms with Crippen molar-refractivity contribution in [3.05, 3.63) is 5.69 Å². The normalized spacial score (nSPS) is 9.67. The first-order valence-electron chi connectivity index (χ1n) is 3.46. The van der Waals surface area contributed by atoms with E-state index >= 15 is 0 Å². The van der Waals surface area contributed by atoms with Gasteiger partial charge in [0.05, 0.1) is 16.0 Å². The molecule has 3 nitrogen and oxygen atoms in total. The van der Waals surface area contributed by atoms with Crippen molar-refractivity contribution in [1.29, 1.82) is 5.26 Å². The summed E-state index contributed by atoms with van der Waals surface area (Å²) in [7, 11) is 0. The topological polar surface area (TPSA) is 62.7 Å². The van der Waals surface area contributed by atoms with Gasteiger partial charge in [0.1, 0.15) is 0 Å². The molecular weight excluding hydrogens is 190 g/mol. The first kappa shape index (κ1) is 9.36. The molecule has 0 aliphatic carbocycles. The van der Waals surface area contributed by atoms with E-state index < -0.39 is 0 Å². The van der Waals surface area contributed by atoms with Crippen LogP contribution in [0.15, 0.2) is 4.21 Å². The predicted octanol–water partition coefficient (Wildman–Crippen LogP) is 2.04. The van der Waals surface area contributed by atoms with Crippen LogP contribution in [0, 0.1) is 18.3 Å². The van der Waals surface area contributed by atoms with Crippen LogP contribution in [-0.4, -0.2) is 10.7 Å². The van der Waals surface area contributed by atoms with Crippen LogP contribution >= 0.6 is 23.1 Å². The number of thiazole rings is 1. The average molecular weight is 199 g/mol. The lowest BCUT2D eigenvalue weighted by atomic mass is 10.6. The van der Waals surface area contributed by atoms with Gasteiger partial charge in [-0.2, -0.15) is 5.26 Å². The number of aromatic nitrogens is 1. The number of nitrogen functional groups attached to an aromatic ring is 1. The lowest BCUT2D eigenvalue weighted by Crippen LogP contribution is -1.80. The summed E-state index contributed by atoms with van der Waals surface area (Å²) in [5.41, 5.74) is 6.49. The fourth-order valence-corrected chi connectivity index (χ4v) is 2.67. The molecule has 0 unspecified atom stereocenters. The van der Waals surface area contributed by atoms with Crippen molar-refractivity contribution in [2.75, 3.05) is 11.5 Å². The van der Waals surface area contributed by atoms with Gasteiger partial charge in [-0.05, 0) is 6.92 Å². The zero-order chi connectivity index (χ0) is 8.97. The molecule has 0 saturated heterocycles.